The summed E-state index contributed by atoms with van der Waals surface area (Å²) in [4.78, 5) is 23.2. The lowest BCUT2D eigenvalue weighted by atomic mass is 9.94. The molecule has 0 saturated heterocycles. The van der Waals surface area contributed by atoms with Crippen molar-refractivity contribution < 1.29 is 14.3 Å². The van der Waals surface area contributed by atoms with E-state index in [1.54, 1.807) is 12.1 Å². The first-order valence-electron chi connectivity index (χ1n) is 4.28. The number of hydrogen-bond acceptors (Lipinski definition) is 3. The number of carbonyl (C=O) groups is 2. The van der Waals surface area contributed by atoms with Crippen LogP contribution in [0, 0.1) is 3.57 Å². The monoisotopic (exact) mass is 314 g/mol. The van der Waals surface area contributed by atoms with Gasteiger partial charge in [0, 0.05) is 5.56 Å². The molecule has 0 atom stereocenters. The first kappa shape index (κ1) is 10.4. The maximum atomic E-state index is 11.6. The van der Waals surface area contributed by atoms with Gasteiger partial charge < -0.3 is 4.74 Å². The minimum Gasteiger partial charge on any atom is -0.495 e. The van der Waals surface area contributed by atoms with Crippen LogP contribution < -0.4 is 4.74 Å². The molecule has 0 fully saturated rings. The summed E-state index contributed by atoms with van der Waals surface area (Å²) in [5.41, 5.74) is 0.789. The van der Waals surface area contributed by atoms with Gasteiger partial charge in [-0.3, -0.25) is 9.59 Å². The Morgan fingerprint density at radius 1 is 1.13 bits per heavy atom. The number of fused-ring (bicyclic) bond motifs is 1. The summed E-state index contributed by atoms with van der Waals surface area (Å²) in [5.74, 6) is 0.148. The molecule has 0 N–H and O–H groups in total. The van der Waals surface area contributed by atoms with E-state index >= 15 is 0 Å². The van der Waals surface area contributed by atoms with Crippen LogP contribution in [0.4, 0.5) is 0 Å². The Labute approximate surface area is 100 Å². The first-order valence-corrected chi connectivity index (χ1v) is 5.36. The van der Waals surface area contributed by atoms with Crippen LogP contribution in [0.15, 0.2) is 24.3 Å². The average molecular weight is 314 g/mol. The van der Waals surface area contributed by atoms with E-state index in [1.807, 2.05) is 0 Å². The fourth-order valence-electron chi connectivity index (χ4n) is 1.53. The molecular formula is C11H7IO3. The first-order chi connectivity index (χ1) is 7.15. The molecule has 0 aliphatic heterocycles. The second-order valence-electron chi connectivity index (χ2n) is 3.07. The molecule has 0 heterocycles. The number of carbonyl (C=O) groups excluding carboxylic acids is 2. The predicted octanol–water partition coefficient (Wildman–Crippen LogP) is 2.24. The Bertz CT molecular complexity index is 489. The maximum absolute atomic E-state index is 11.6. The molecule has 0 bridgehead atoms. The number of hydrogen-bond donors (Lipinski definition) is 0. The van der Waals surface area contributed by atoms with E-state index < -0.39 is 0 Å². The summed E-state index contributed by atoms with van der Waals surface area (Å²) in [6.07, 6.45) is 2.57. The molecular weight excluding hydrogens is 307 g/mol. The van der Waals surface area contributed by atoms with E-state index in [0.717, 1.165) is 3.57 Å². The Hall–Kier alpha value is -1.17. The van der Waals surface area contributed by atoms with Gasteiger partial charge in [0.25, 0.3) is 0 Å². The summed E-state index contributed by atoms with van der Waals surface area (Å²) in [6, 6.07) is 3.42. The van der Waals surface area contributed by atoms with E-state index in [1.165, 1.54) is 19.3 Å². The number of benzene rings is 1. The van der Waals surface area contributed by atoms with Gasteiger partial charge in [0.15, 0.2) is 11.6 Å². The Balaban J connectivity index is 2.76. The highest BCUT2D eigenvalue weighted by Gasteiger charge is 2.24. The number of rotatable bonds is 1. The van der Waals surface area contributed by atoms with E-state index in [0.29, 0.717) is 16.9 Å². The van der Waals surface area contributed by atoms with Gasteiger partial charge in [0.05, 0.1) is 16.2 Å². The van der Waals surface area contributed by atoms with Gasteiger partial charge in [-0.15, -0.1) is 0 Å². The van der Waals surface area contributed by atoms with E-state index in [4.69, 9.17) is 4.74 Å². The van der Waals surface area contributed by atoms with Crippen LogP contribution >= 0.6 is 22.6 Å². The van der Waals surface area contributed by atoms with Gasteiger partial charge in [-0.1, -0.05) is 0 Å². The van der Waals surface area contributed by atoms with Crippen LogP contribution in [0.25, 0.3) is 0 Å². The Kier molecular flexibility index (Phi) is 2.60. The SMILES string of the molecule is COc1c(I)ccc2c1C(=O)C=CC2=O. The smallest absolute Gasteiger partial charge is 0.190 e. The fourth-order valence-corrected chi connectivity index (χ4v) is 2.20. The van der Waals surface area contributed by atoms with Gasteiger partial charge in [0.1, 0.15) is 5.75 Å². The lowest BCUT2D eigenvalue weighted by molar-refractivity contribution is 0.0991. The molecule has 1 aliphatic rings. The molecule has 0 amide bonds. The van der Waals surface area contributed by atoms with Crippen LogP contribution in [-0.4, -0.2) is 18.7 Å². The molecule has 1 aromatic rings. The van der Waals surface area contributed by atoms with Gasteiger partial charge in [-0.05, 0) is 46.9 Å². The zero-order valence-electron chi connectivity index (χ0n) is 7.91. The summed E-state index contributed by atoms with van der Waals surface area (Å²) in [6.45, 7) is 0. The topological polar surface area (TPSA) is 43.4 Å². The maximum Gasteiger partial charge on any atom is 0.190 e. The highest BCUT2D eigenvalue weighted by atomic mass is 127. The third kappa shape index (κ3) is 1.58. The zero-order valence-corrected chi connectivity index (χ0v) is 10.1. The van der Waals surface area contributed by atoms with Gasteiger partial charge in [0.2, 0.25) is 0 Å². The van der Waals surface area contributed by atoms with Crippen LogP contribution in [0.5, 0.6) is 5.75 Å². The van der Waals surface area contributed by atoms with Crippen LogP contribution in [0.2, 0.25) is 0 Å². The van der Waals surface area contributed by atoms with E-state index in [9.17, 15) is 9.59 Å². The number of halogens is 1. The van der Waals surface area contributed by atoms with Crippen molar-refractivity contribution in [1.82, 2.24) is 0 Å². The van der Waals surface area contributed by atoms with Crippen molar-refractivity contribution in [1.29, 1.82) is 0 Å². The van der Waals surface area contributed by atoms with Gasteiger partial charge in [-0.2, -0.15) is 0 Å². The number of ether oxygens (including phenoxy) is 1. The lowest BCUT2D eigenvalue weighted by Gasteiger charge is -2.14. The van der Waals surface area contributed by atoms with Gasteiger partial charge in [-0.25, -0.2) is 0 Å². The number of methoxy groups -OCH3 is 1. The normalized spacial score (nSPS) is 14.0. The molecule has 0 radical (unpaired) electrons. The fraction of sp³-hybridized carbons (Fsp3) is 0.0909. The molecule has 0 aromatic heterocycles. The minimum atomic E-state index is -0.181. The molecule has 15 heavy (non-hydrogen) atoms. The van der Waals surface area contributed by atoms with Crippen molar-refractivity contribution in [3.63, 3.8) is 0 Å². The molecule has 76 valence electrons. The standard InChI is InChI=1S/C11H7IO3/c1-15-11-7(12)3-2-6-8(13)4-5-9(14)10(6)11/h2-5H,1H3. The molecule has 2 rings (SSSR count). The second kappa shape index (κ2) is 3.77. The lowest BCUT2D eigenvalue weighted by Crippen LogP contribution is -2.13. The third-order valence-electron chi connectivity index (χ3n) is 2.21. The van der Waals surface area contributed by atoms with Crippen LogP contribution in [0.1, 0.15) is 20.7 Å². The highest BCUT2D eigenvalue weighted by Crippen LogP contribution is 2.31. The zero-order chi connectivity index (χ0) is 11.0. The van der Waals surface area contributed by atoms with Crippen molar-refractivity contribution in [3.05, 3.63) is 39.0 Å². The predicted molar refractivity (Wildman–Crippen MR) is 63.5 cm³/mol. The van der Waals surface area contributed by atoms with E-state index in [2.05, 4.69) is 22.6 Å². The van der Waals surface area contributed by atoms with Crippen molar-refractivity contribution >= 4 is 34.2 Å². The Morgan fingerprint density at radius 3 is 2.47 bits per heavy atom. The molecule has 0 saturated carbocycles. The minimum absolute atomic E-state index is 0.153. The molecule has 0 unspecified atom stereocenters. The molecule has 0 spiro atoms. The quantitative estimate of drug-likeness (QED) is 0.747. The molecule has 1 aromatic carbocycles. The summed E-state index contributed by atoms with van der Waals surface area (Å²) >= 11 is 2.07. The van der Waals surface area contributed by atoms with Gasteiger partial charge >= 0.3 is 0 Å². The summed E-state index contributed by atoms with van der Waals surface area (Å²) < 4.78 is 5.97. The number of ketones is 2. The largest absolute Gasteiger partial charge is 0.495 e. The second-order valence-corrected chi connectivity index (χ2v) is 4.23. The Morgan fingerprint density at radius 2 is 1.80 bits per heavy atom. The van der Waals surface area contributed by atoms with Crippen LogP contribution in [-0.2, 0) is 0 Å². The molecule has 1 aliphatic carbocycles. The van der Waals surface area contributed by atoms with Crippen molar-refractivity contribution in [2.45, 2.75) is 0 Å². The van der Waals surface area contributed by atoms with E-state index in [-0.39, 0.29) is 11.6 Å². The number of allylic oxidation sites excluding steroid dienone is 2. The summed E-state index contributed by atoms with van der Waals surface area (Å²) in [5, 5.41) is 0. The summed E-state index contributed by atoms with van der Waals surface area (Å²) in [7, 11) is 1.49. The van der Waals surface area contributed by atoms with Crippen molar-refractivity contribution in [2.24, 2.45) is 0 Å². The van der Waals surface area contributed by atoms with Crippen LogP contribution in [0.3, 0.4) is 0 Å². The highest BCUT2D eigenvalue weighted by molar-refractivity contribution is 14.1. The third-order valence-corrected chi connectivity index (χ3v) is 3.06. The van der Waals surface area contributed by atoms with Crippen molar-refractivity contribution in [2.75, 3.05) is 7.11 Å². The van der Waals surface area contributed by atoms with Crippen molar-refractivity contribution in [3.8, 4) is 5.75 Å². The molecule has 3 nitrogen and oxygen atoms in total. The molecule has 4 heteroatoms. The average Bonchev–Trinajstić information content (AvgIpc) is 2.23.